The van der Waals surface area contributed by atoms with E-state index in [-0.39, 0.29) is 12.6 Å². The van der Waals surface area contributed by atoms with Gasteiger partial charge in [0.25, 0.3) is 0 Å². The number of rotatable bonds is 7. The van der Waals surface area contributed by atoms with Gasteiger partial charge in [-0.1, -0.05) is 20.8 Å². The predicted octanol–water partition coefficient (Wildman–Crippen LogP) is 0.446. The number of methoxy groups -OCH3 is 2. The van der Waals surface area contributed by atoms with Gasteiger partial charge in [0.05, 0.1) is 12.7 Å². The average Bonchev–Trinajstić information content (AvgIpc) is 2.29. The van der Waals surface area contributed by atoms with Gasteiger partial charge in [-0.15, -0.1) is 0 Å². The molecule has 0 aliphatic rings. The van der Waals surface area contributed by atoms with Gasteiger partial charge in [0, 0.05) is 20.8 Å². The van der Waals surface area contributed by atoms with E-state index in [1.807, 2.05) is 0 Å². The lowest BCUT2D eigenvalue weighted by molar-refractivity contribution is -0.141. The van der Waals surface area contributed by atoms with Crippen molar-refractivity contribution in [2.45, 2.75) is 32.9 Å². The number of hydrogen-bond donors (Lipinski definition) is 3. The van der Waals surface area contributed by atoms with Crippen LogP contribution in [0.3, 0.4) is 0 Å². The fraction of sp³-hybridized carbons (Fsp3) is 0.833. The van der Waals surface area contributed by atoms with Gasteiger partial charge in [0.2, 0.25) is 0 Å². The van der Waals surface area contributed by atoms with Crippen molar-refractivity contribution >= 4 is 12.0 Å². The van der Waals surface area contributed by atoms with Crippen molar-refractivity contribution in [1.82, 2.24) is 10.6 Å². The Morgan fingerprint density at radius 1 is 1.26 bits per heavy atom. The van der Waals surface area contributed by atoms with Crippen molar-refractivity contribution in [3.8, 4) is 0 Å². The summed E-state index contributed by atoms with van der Waals surface area (Å²) in [6.45, 7) is 5.82. The van der Waals surface area contributed by atoms with E-state index < -0.39 is 23.5 Å². The molecule has 19 heavy (non-hydrogen) atoms. The maximum Gasteiger partial charge on any atom is 0.326 e. The summed E-state index contributed by atoms with van der Waals surface area (Å²) in [5.74, 6) is -1.07. The number of urea groups is 1. The molecule has 0 fully saturated rings. The molecule has 0 heterocycles. The fourth-order valence-electron chi connectivity index (χ4n) is 1.43. The van der Waals surface area contributed by atoms with Crippen LogP contribution in [-0.2, 0) is 14.3 Å². The molecule has 0 aliphatic carbocycles. The number of ether oxygens (including phenoxy) is 2. The van der Waals surface area contributed by atoms with Crippen LogP contribution in [-0.4, -0.2) is 56.6 Å². The summed E-state index contributed by atoms with van der Waals surface area (Å²) in [5, 5.41) is 14.1. The zero-order valence-electron chi connectivity index (χ0n) is 12.1. The van der Waals surface area contributed by atoms with Crippen LogP contribution >= 0.6 is 0 Å². The van der Waals surface area contributed by atoms with Crippen molar-refractivity contribution < 1.29 is 24.2 Å². The molecular weight excluding hydrogens is 252 g/mol. The molecule has 0 saturated heterocycles. The number of carboxylic acid groups (broad SMARTS) is 1. The topological polar surface area (TPSA) is 96.9 Å². The minimum Gasteiger partial charge on any atom is -0.480 e. The summed E-state index contributed by atoms with van der Waals surface area (Å²) < 4.78 is 9.99. The highest BCUT2D eigenvalue weighted by Gasteiger charge is 2.32. The Labute approximate surface area is 113 Å². The van der Waals surface area contributed by atoms with Crippen LogP contribution < -0.4 is 10.6 Å². The van der Waals surface area contributed by atoms with Crippen molar-refractivity contribution in [2.24, 2.45) is 5.41 Å². The quantitative estimate of drug-likeness (QED) is 0.627. The summed E-state index contributed by atoms with van der Waals surface area (Å²) in [5.41, 5.74) is -0.573. The Bertz CT molecular complexity index is 301. The Morgan fingerprint density at radius 2 is 1.84 bits per heavy atom. The molecule has 7 heteroatoms. The van der Waals surface area contributed by atoms with Gasteiger partial charge < -0.3 is 25.2 Å². The zero-order chi connectivity index (χ0) is 15.1. The molecule has 0 saturated carbocycles. The van der Waals surface area contributed by atoms with Gasteiger partial charge in [0.15, 0.2) is 0 Å². The lowest BCUT2D eigenvalue weighted by Crippen LogP contribution is -2.53. The molecule has 0 aromatic heterocycles. The highest BCUT2D eigenvalue weighted by Crippen LogP contribution is 2.19. The van der Waals surface area contributed by atoms with Crippen molar-refractivity contribution in [3.63, 3.8) is 0 Å². The third-order valence-electron chi connectivity index (χ3n) is 2.56. The third kappa shape index (κ3) is 6.97. The highest BCUT2D eigenvalue weighted by atomic mass is 16.5. The third-order valence-corrected chi connectivity index (χ3v) is 2.56. The van der Waals surface area contributed by atoms with Gasteiger partial charge >= 0.3 is 12.0 Å². The first-order valence-corrected chi connectivity index (χ1v) is 6.01. The summed E-state index contributed by atoms with van der Waals surface area (Å²) in [4.78, 5) is 22.7. The van der Waals surface area contributed by atoms with Crippen LogP contribution in [0.25, 0.3) is 0 Å². The van der Waals surface area contributed by atoms with Gasteiger partial charge in [0.1, 0.15) is 6.04 Å². The summed E-state index contributed by atoms with van der Waals surface area (Å²) in [6.07, 6.45) is -0.270. The molecule has 2 atom stereocenters. The van der Waals surface area contributed by atoms with Crippen LogP contribution in [0.5, 0.6) is 0 Å². The normalized spacial score (nSPS) is 14.6. The predicted molar refractivity (Wildman–Crippen MR) is 70.1 cm³/mol. The van der Waals surface area contributed by atoms with E-state index in [4.69, 9.17) is 14.6 Å². The summed E-state index contributed by atoms with van der Waals surface area (Å²) in [6, 6.07) is -1.50. The number of carbonyl (C=O) groups is 2. The number of carbonyl (C=O) groups excluding carboxylic acids is 1. The molecule has 0 spiro atoms. The Kier molecular flexibility index (Phi) is 7.40. The molecule has 0 rings (SSSR count). The van der Waals surface area contributed by atoms with Crippen LogP contribution in [0.4, 0.5) is 4.79 Å². The van der Waals surface area contributed by atoms with E-state index in [1.54, 1.807) is 20.8 Å². The van der Waals surface area contributed by atoms with Gasteiger partial charge in [-0.05, 0) is 5.41 Å². The lowest BCUT2D eigenvalue weighted by Gasteiger charge is -2.28. The molecule has 0 bridgehead atoms. The van der Waals surface area contributed by atoms with Crippen LogP contribution in [0.2, 0.25) is 0 Å². The van der Waals surface area contributed by atoms with E-state index in [0.717, 1.165) is 0 Å². The standard InChI is InChI=1S/C12H24N2O5/c1-12(2,3)9(10(15)16)14-11(17)13-6-8(19-5)7-18-4/h8-9H,6-7H2,1-5H3,(H,15,16)(H2,13,14,17)/t8?,9-/m0/s1. The summed E-state index contributed by atoms with van der Waals surface area (Å²) in [7, 11) is 3.05. The number of carboxylic acids is 1. The summed E-state index contributed by atoms with van der Waals surface area (Å²) >= 11 is 0. The molecule has 112 valence electrons. The van der Waals surface area contributed by atoms with Gasteiger partial charge in [-0.25, -0.2) is 9.59 Å². The van der Waals surface area contributed by atoms with Crippen LogP contribution in [0.15, 0.2) is 0 Å². The number of aliphatic carboxylic acids is 1. The molecule has 2 amide bonds. The Hall–Kier alpha value is -1.34. The number of nitrogens with one attached hydrogen (secondary N) is 2. The van der Waals surface area contributed by atoms with E-state index >= 15 is 0 Å². The first-order chi connectivity index (χ1) is 8.72. The van der Waals surface area contributed by atoms with Crippen LogP contribution in [0, 0.1) is 5.41 Å². The second kappa shape index (κ2) is 7.96. The number of amides is 2. The van der Waals surface area contributed by atoms with Crippen molar-refractivity contribution in [3.05, 3.63) is 0 Å². The second-order valence-electron chi connectivity index (χ2n) is 5.30. The molecule has 7 nitrogen and oxygen atoms in total. The first-order valence-electron chi connectivity index (χ1n) is 6.01. The molecule has 0 aromatic rings. The second-order valence-corrected chi connectivity index (χ2v) is 5.30. The molecule has 1 unspecified atom stereocenters. The minimum absolute atomic E-state index is 0.243. The first kappa shape index (κ1) is 17.7. The van der Waals surface area contributed by atoms with E-state index in [1.165, 1.54) is 14.2 Å². The largest absolute Gasteiger partial charge is 0.480 e. The van der Waals surface area contributed by atoms with E-state index in [2.05, 4.69) is 10.6 Å². The average molecular weight is 276 g/mol. The van der Waals surface area contributed by atoms with Crippen LogP contribution in [0.1, 0.15) is 20.8 Å². The maximum absolute atomic E-state index is 11.6. The molecular formula is C12H24N2O5. The van der Waals surface area contributed by atoms with E-state index in [0.29, 0.717) is 6.61 Å². The molecule has 0 aromatic carbocycles. The number of hydrogen-bond acceptors (Lipinski definition) is 4. The molecule has 3 N–H and O–H groups in total. The lowest BCUT2D eigenvalue weighted by atomic mass is 9.87. The van der Waals surface area contributed by atoms with Gasteiger partial charge in [-0.3, -0.25) is 0 Å². The Balaban J connectivity index is 4.32. The monoisotopic (exact) mass is 276 g/mol. The maximum atomic E-state index is 11.6. The van der Waals surface area contributed by atoms with Crippen molar-refractivity contribution in [1.29, 1.82) is 0 Å². The molecule has 0 aliphatic heterocycles. The van der Waals surface area contributed by atoms with Crippen molar-refractivity contribution in [2.75, 3.05) is 27.4 Å². The molecule has 0 radical (unpaired) electrons. The van der Waals surface area contributed by atoms with Gasteiger partial charge in [-0.2, -0.15) is 0 Å². The minimum atomic E-state index is -1.07. The smallest absolute Gasteiger partial charge is 0.326 e. The van der Waals surface area contributed by atoms with E-state index in [9.17, 15) is 9.59 Å². The zero-order valence-corrected chi connectivity index (χ0v) is 12.1. The highest BCUT2D eigenvalue weighted by molar-refractivity contribution is 5.83. The Morgan fingerprint density at radius 3 is 2.21 bits per heavy atom. The SMILES string of the molecule is COCC(CNC(=O)N[C@@H](C(=O)O)C(C)(C)C)OC. The fourth-order valence-corrected chi connectivity index (χ4v) is 1.43.